The Balaban J connectivity index is 1.89. The zero-order chi connectivity index (χ0) is 14.3. The van der Waals surface area contributed by atoms with Crippen molar-refractivity contribution in [1.29, 1.82) is 0 Å². The molecular weight excluding hydrogens is 281 g/mol. The van der Waals surface area contributed by atoms with Gasteiger partial charge in [-0.2, -0.15) is 0 Å². The van der Waals surface area contributed by atoms with Crippen molar-refractivity contribution in [3.63, 3.8) is 0 Å². The van der Waals surface area contributed by atoms with E-state index in [1.165, 1.54) is 0 Å². The summed E-state index contributed by atoms with van der Waals surface area (Å²) in [6, 6.07) is 18.1. The Bertz CT molecular complexity index is 704. The van der Waals surface area contributed by atoms with Crippen molar-refractivity contribution in [2.75, 3.05) is 36.2 Å². The Labute approximate surface area is 124 Å². The number of hydrogen-bond donors (Lipinski definition) is 1. The van der Waals surface area contributed by atoms with Crippen molar-refractivity contribution in [2.24, 2.45) is 0 Å². The summed E-state index contributed by atoms with van der Waals surface area (Å²) in [5.41, 5.74) is 2.05. The Hall–Kier alpha value is -1.77. The summed E-state index contributed by atoms with van der Waals surface area (Å²) >= 11 is 0. The number of nitrogens with one attached hydrogen (secondary N) is 1. The number of rotatable bonds is 1. The minimum atomic E-state index is -2.74. The van der Waals surface area contributed by atoms with Crippen LogP contribution in [0.2, 0.25) is 0 Å². The van der Waals surface area contributed by atoms with Crippen LogP contribution in [0.3, 0.4) is 0 Å². The molecule has 1 unspecified atom stereocenters. The second-order valence-corrected chi connectivity index (χ2v) is 8.02. The van der Waals surface area contributed by atoms with E-state index in [4.69, 9.17) is 0 Å². The standard InChI is InChI=1S/C16H18N3OP/c20-21-16-9-5-4-8-15(16)17-10-11-18(21)12-13-19(21)14-6-2-1-3-7-14/h1-9,17H,10-13H2. The van der Waals surface area contributed by atoms with Crippen LogP contribution in [0, 0.1) is 0 Å². The molecule has 0 spiro atoms. The van der Waals surface area contributed by atoms with Gasteiger partial charge in [0.2, 0.25) is 0 Å². The van der Waals surface area contributed by atoms with E-state index < -0.39 is 7.44 Å². The molecule has 0 amide bonds. The van der Waals surface area contributed by atoms with Crippen molar-refractivity contribution >= 4 is 24.1 Å². The molecule has 2 aliphatic rings. The summed E-state index contributed by atoms with van der Waals surface area (Å²) in [5, 5.41) is 4.34. The summed E-state index contributed by atoms with van der Waals surface area (Å²) in [4.78, 5) is 0. The molecule has 21 heavy (non-hydrogen) atoms. The van der Waals surface area contributed by atoms with E-state index in [0.29, 0.717) is 0 Å². The van der Waals surface area contributed by atoms with Gasteiger partial charge in [0, 0.05) is 37.6 Å². The lowest BCUT2D eigenvalue weighted by Gasteiger charge is -2.30. The van der Waals surface area contributed by atoms with Crippen LogP contribution in [0.15, 0.2) is 54.6 Å². The maximum absolute atomic E-state index is 14.0. The number of nitrogens with zero attached hydrogens (tertiary/aromatic N) is 2. The Kier molecular flexibility index (Phi) is 3.02. The van der Waals surface area contributed by atoms with Crippen molar-refractivity contribution in [3.8, 4) is 0 Å². The van der Waals surface area contributed by atoms with Crippen molar-refractivity contribution in [2.45, 2.75) is 0 Å². The molecular formula is C16H18N3OP. The summed E-state index contributed by atoms with van der Waals surface area (Å²) in [6.45, 7) is 3.32. The molecule has 0 radical (unpaired) electrons. The van der Waals surface area contributed by atoms with Gasteiger partial charge in [-0.3, -0.25) is 4.57 Å². The van der Waals surface area contributed by atoms with E-state index in [1.54, 1.807) is 0 Å². The van der Waals surface area contributed by atoms with Crippen LogP contribution in [0.5, 0.6) is 0 Å². The minimum absolute atomic E-state index is 0.815. The van der Waals surface area contributed by atoms with E-state index in [-0.39, 0.29) is 0 Å². The third kappa shape index (κ3) is 1.90. The molecule has 1 saturated heterocycles. The molecule has 108 valence electrons. The molecule has 0 bridgehead atoms. The first kappa shape index (κ1) is 12.9. The average molecular weight is 299 g/mol. The van der Waals surface area contributed by atoms with Gasteiger partial charge in [0.1, 0.15) is 0 Å². The Morgan fingerprint density at radius 2 is 1.67 bits per heavy atom. The Morgan fingerprint density at radius 3 is 2.52 bits per heavy atom. The van der Waals surface area contributed by atoms with Crippen LogP contribution in [0.4, 0.5) is 11.4 Å². The lowest BCUT2D eigenvalue weighted by Crippen LogP contribution is -2.26. The molecule has 2 aromatic rings. The fourth-order valence-electron chi connectivity index (χ4n) is 3.25. The molecule has 2 aromatic carbocycles. The van der Waals surface area contributed by atoms with Crippen molar-refractivity contribution in [3.05, 3.63) is 54.6 Å². The lowest BCUT2D eigenvalue weighted by molar-refractivity contribution is 0.469. The molecule has 5 heteroatoms. The first-order valence-corrected chi connectivity index (χ1v) is 8.93. The van der Waals surface area contributed by atoms with E-state index in [9.17, 15) is 4.57 Å². The van der Waals surface area contributed by atoms with Gasteiger partial charge in [-0.1, -0.05) is 30.3 Å². The smallest absolute Gasteiger partial charge is 0.271 e. The van der Waals surface area contributed by atoms with Crippen molar-refractivity contribution in [1.82, 2.24) is 4.67 Å². The fraction of sp³-hybridized carbons (Fsp3) is 0.250. The van der Waals surface area contributed by atoms with Crippen LogP contribution < -0.4 is 15.3 Å². The van der Waals surface area contributed by atoms with Crippen molar-refractivity contribution < 1.29 is 4.57 Å². The first-order valence-electron chi connectivity index (χ1n) is 7.32. The zero-order valence-electron chi connectivity index (χ0n) is 11.8. The number of benzene rings is 2. The van der Waals surface area contributed by atoms with E-state index >= 15 is 0 Å². The van der Waals surface area contributed by atoms with Crippen LogP contribution in [0.25, 0.3) is 0 Å². The summed E-state index contributed by atoms with van der Waals surface area (Å²) < 4.78 is 18.2. The van der Waals surface area contributed by atoms with Crippen LogP contribution >= 0.6 is 7.44 Å². The Morgan fingerprint density at radius 1 is 0.905 bits per heavy atom. The first-order chi connectivity index (χ1) is 10.3. The number of fused-ring (bicyclic) bond motifs is 3. The third-order valence-corrected chi connectivity index (χ3v) is 7.51. The minimum Gasteiger partial charge on any atom is -0.383 e. The maximum atomic E-state index is 14.0. The monoisotopic (exact) mass is 299 g/mol. The van der Waals surface area contributed by atoms with E-state index in [0.717, 1.165) is 42.9 Å². The third-order valence-electron chi connectivity index (χ3n) is 4.24. The van der Waals surface area contributed by atoms with Gasteiger partial charge in [-0.25, -0.2) is 4.67 Å². The highest BCUT2D eigenvalue weighted by Gasteiger charge is 2.46. The van der Waals surface area contributed by atoms with E-state index in [1.807, 2.05) is 54.6 Å². The van der Waals surface area contributed by atoms with Gasteiger partial charge in [0.15, 0.2) is 0 Å². The number of para-hydroxylation sites is 2. The molecule has 0 aromatic heterocycles. The molecule has 1 fully saturated rings. The van der Waals surface area contributed by atoms with Crippen LogP contribution in [-0.2, 0) is 4.57 Å². The largest absolute Gasteiger partial charge is 0.383 e. The van der Waals surface area contributed by atoms with Gasteiger partial charge in [0.25, 0.3) is 7.44 Å². The quantitative estimate of drug-likeness (QED) is 0.821. The fourth-order valence-corrected chi connectivity index (χ4v) is 6.40. The molecule has 4 rings (SSSR count). The van der Waals surface area contributed by atoms with E-state index in [2.05, 4.69) is 14.7 Å². The lowest BCUT2D eigenvalue weighted by atomic mass is 10.3. The van der Waals surface area contributed by atoms with Gasteiger partial charge in [0.05, 0.1) is 5.30 Å². The molecule has 0 saturated carbocycles. The highest BCUT2D eigenvalue weighted by atomic mass is 31.2. The molecule has 1 atom stereocenters. The predicted molar refractivity (Wildman–Crippen MR) is 87.5 cm³/mol. The normalized spacial score (nSPS) is 24.9. The second kappa shape index (κ2) is 4.90. The van der Waals surface area contributed by atoms with Crippen LogP contribution in [0.1, 0.15) is 0 Å². The highest BCUT2D eigenvalue weighted by molar-refractivity contribution is 7.71. The molecule has 1 N–H and O–H groups in total. The highest BCUT2D eigenvalue weighted by Crippen LogP contribution is 2.59. The van der Waals surface area contributed by atoms with Gasteiger partial charge in [-0.15, -0.1) is 0 Å². The SMILES string of the molecule is O=P12c3ccccc3NCCN1CCN2c1ccccc1. The zero-order valence-corrected chi connectivity index (χ0v) is 12.7. The topological polar surface area (TPSA) is 35.6 Å². The van der Waals surface area contributed by atoms with Gasteiger partial charge in [-0.05, 0) is 24.3 Å². The molecule has 2 aliphatic heterocycles. The maximum Gasteiger partial charge on any atom is 0.271 e. The number of hydrogen-bond acceptors (Lipinski definition) is 2. The van der Waals surface area contributed by atoms with Gasteiger partial charge < -0.3 is 9.99 Å². The van der Waals surface area contributed by atoms with Gasteiger partial charge >= 0.3 is 0 Å². The number of anilines is 2. The second-order valence-electron chi connectivity index (χ2n) is 5.40. The molecule has 4 nitrogen and oxygen atoms in total. The van der Waals surface area contributed by atoms with Crippen LogP contribution in [-0.4, -0.2) is 30.8 Å². The molecule has 2 heterocycles. The summed E-state index contributed by atoms with van der Waals surface area (Å²) in [5.74, 6) is 0. The molecule has 0 aliphatic carbocycles. The summed E-state index contributed by atoms with van der Waals surface area (Å²) in [6.07, 6.45) is 0. The summed E-state index contributed by atoms with van der Waals surface area (Å²) in [7, 11) is -2.74. The average Bonchev–Trinajstić information content (AvgIpc) is 2.79. The predicted octanol–water partition coefficient (Wildman–Crippen LogP) is 2.75.